The standard InChI is InChI=1S/C20H25NO2/c1-5-6-10-23-18-9-7-8-17(13-18)20(22)21-19-15(3)11-14(2)12-16(19)4/h7-9,11-13H,5-6,10H2,1-4H3,(H,21,22). The first-order valence-corrected chi connectivity index (χ1v) is 8.13. The number of unbranched alkanes of at least 4 members (excludes halogenated alkanes) is 1. The molecule has 0 radical (unpaired) electrons. The van der Waals surface area contributed by atoms with Gasteiger partial charge in [0, 0.05) is 11.3 Å². The first kappa shape index (κ1) is 17.1. The Bertz CT molecular complexity index is 669. The van der Waals surface area contributed by atoms with Crippen LogP contribution in [-0.2, 0) is 0 Å². The molecule has 0 fully saturated rings. The number of benzene rings is 2. The van der Waals surface area contributed by atoms with Crippen molar-refractivity contribution in [1.82, 2.24) is 0 Å². The molecule has 23 heavy (non-hydrogen) atoms. The molecule has 0 heterocycles. The monoisotopic (exact) mass is 311 g/mol. The molecular formula is C20H25NO2. The lowest BCUT2D eigenvalue weighted by molar-refractivity contribution is 0.102. The molecule has 0 atom stereocenters. The Hall–Kier alpha value is -2.29. The summed E-state index contributed by atoms with van der Waals surface area (Å²) in [6.07, 6.45) is 2.10. The fourth-order valence-corrected chi connectivity index (χ4v) is 2.62. The summed E-state index contributed by atoms with van der Waals surface area (Å²) in [4.78, 5) is 12.5. The lowest BCUT2D eigenvalue weighted by Gasteiger charge is -2.13. The molecule has 0 aliphatic rings. The van der Waals surface area contributed by atoms with Gasteiger partial charge in [-0.15, -0.1) is 0 Å². The van der Waals surface area contributed by atoms with Crippen LogP contribution in [0.5, 0.6) is 5.75 Å². The molecule has 0 saturated heterocycles. The van der Waals surface area contributed by atoms with E-state index in [-0.39, 0.29) is 5.91 Å². The molecule has 2 aromatic rings. The largest absolute Gasteiger partial charge is 0.494 e. The van der Waals surface area contributed by atoms with Crippen molar-refractivity contribution in [3.63, 3.8) is 0 Å². The molecule has 0 spiro atoms. The first-order valence-electron chi connectivity index (χ1n) is 8.13. The van der Waals surface area contributed by atoms with Crippen molar-refractivity contribution in [3.8, 4) is 5.75 Å². The van der Waals surface area contributed by atoms with Crippen molar-refractivity contribution in [2.24, 2.45) is 0 Å². The van der Waals surface area contributed by atoms with Crippen LogP contribution in [0.2, 0.25) is 0 Å². The van der Waals surface area contributed by atoms with Crippen LogP contribution >= 0.6 is 0 Å². The van der Waals surface area contributed by atoms with E-state index in [2.05, 4.69) is 31.3 Å². The van der Waals surface area contributed by atoms with Gasteiger partial charge in [0.05, 0.1) is 6.61 Å². The summed E-state index contributed by atoms with van der Waals surface area (Å²) in [5.41, 5.74) is 4.85. The number of ether oxygens (including phenoxy) is 1. The highest BCUT2D eigenvalue weighted by atomic mass is 16.5. The predicted molar refractivity (Wildman–Crippen MR) is 95.5 cm³/mol. The normalized spacial score (nSPS) is 10.4. The van der Waals surface area contributed by atoms with Crippen LogP contribution in [0.1, 0.15) is 46.8 Å². The van der Waals surface area contributed by atoms with Gasteiger partial charge in [0.2, 0.25) is 0 Å². The Kier molecular flexibility index (Phi) is 5.80. The molecule has 1 amide bonds. The van der Waals surface area contributed by atoms with Crippen LogP contribution in [0.15, 0.2) is 36.4 Å². The van der Waals surface area contributed by atoms with Crippen molar-refractivity contribution in [2.45, 2.75) is 40.5 Å². The minimum absolute atomic E-state index is 0.110. The number of aryl methyl sites for hydroxylation is 3. The zero-order chi connectivity index (χ0) is 16.8. The van der Waals surface area contributed by atoms with Gasteiger partial charge in [-0.25, -0.2) is 0 Å². The van der Waals surface area contributed by atoms with Crippen molar-refractivity contribution < 1.29 is 9.53 Å². The van der Waals surface area contributed by atoms with Gasteiger partial charge in [-0.1, -0.05) is 37.1 Å². The van der Waals surface area contributed by atoms with Crippen LogP contribution in [0.25, 0.3) is 0 Å². The fraction of sp³-hybridized carbons (Fsp3) is 0.350. The maximum atomic E-state index is 12.5. The van der Waals surface area contributed by atoms with E-state index in [1.165, 1.54) is 5.56 Å². The fourth-order valence-electron chi connectivity index (χ4n) is 2.62. The van der Waals surface area contributed by atoms with Crippen LogP contribution in [-0.4, -0.2) is 12.5 Å². The Morgan fingerprint density at radius 2 is 1.78 bits per heavy atom. The van der Waals surface area contributed by atoms with Gasteiger partial charge in [-0.05, 0) is 56.5 Å². The number of rotatable bonds is 6. The topological polar surface area (TPSA) is 38.3 Å². The van der Waals surface area contributed by atoms with Crippen molar-refractivity contribution in [3.05, 3.63) is 58.7 Å². The maximum absolute atomic E-state index is 12.5. The molecule has 3 nitrogen and oxygen atoms in total. The van der Waals surface area contributed by atoms with Crippen LogP contribution < -0.4 is 10.1 Å². The average Bonchev–Trinajstić information content (AvgIpc) is 2.51. The van der Waals surface area contributed by atoms with E-state index in [4.69, 9.17) is 4.74 Å². The third-order valence-electron chi connectivity index (χ3n) is 3.78. The number of nitrogens with one attached hydrogen (secondary N) is 1. The van der Waals surface area contributed by atoms with Crippen LogP contribution in [0.3, 0.4) is 0 Å². The van der Waals surface area contributed by atoms with Gasteiger partial charge in [-0.3, -0.25) is 4.79 Å². The molecule has 1 N–H and O–H groups in total. The Morgan fingerprint density at radius 3 is 2.43 bits per heavy atom. The summed E-state index contributed by atoms with van der Waals surface area (Å²) in [7, 11) is 0. The molecule has 2 rings (SSSR count). The van der Waals surface area contributed by atoms with Crippen molar-refractivity contribution >= 4 is 11.6 Å². The molecular weight excluding hydrogens is 286 g/mol. The second-order valence-corrected chi connectivity index (χ2v) is 5.96. The molecule has 0 aliphatic carbocycles. The smallest absolute Gasteiger partial charge is 0.255 e. The van der Waals surface area contributed by atoms with E-state index in [9.17, 15) is 4.79 Å². The molecule has 0 bridgehead atoms. The van der Waals surface area contributed by atoms with Crippen molar-refractivity contribution in [1.29, 1.82) is 0 Å². The van der Waals surface area contributed by atoms with E-state index >= 15 is 0 Å². The number of anilines is 1. The van der Waals surface area contributed by atoms with E-state index < -0.39 is 0 Å². The first-order chi connectivity index (χ1) is 11.0. The lowest BCUT2D eigenvalue weighted by Crippen LogP contribution is -2.14. The summed E-state index contributed by atoms with van der Waals surface area (Å²) in [6.45, 7) is 8.89. The van der Waals surface area contributed by atoms with Gasteiger partial charge in [0.25, 0.3) is 5.91 Å². The van der Waals surface area contributed by atoms with E-state index in [0.29, 0.717) is 12.2 Å². The Labute approximate surface area is 138 Å². The molecule has 0 aliphatic heterocycles. The summed E-state index contributed by atoms with van der Waals surface area (Å²) < 4.78 is 5.67. The zero-order valence-corrected chi connectivity index (χ0v) is 14.4. The highest BCUT2D eigenvalue weighted by Crippen LogP contribution is 2.23. The van der Waals surface area contributed by atoms with Gasteiger partial charge < -0.3 is 10.1 Å². The Morgan fingerprint density at radius 1 is 1.09 bits per heavy atom. The van der Waals surface area contributed by atoms with Gasteiger partial charge in [0.1, 0.15) is 5.75 Å². The van der Waals surface area contributed by atoms with E-state index in [1.807, 2.05) is 26.0 Å². The third kappa shape index (κ3) is 4.59. The van der Waals surface area contributed by atoms with Gasteiger partial charge in [0.15, 0.2) is 0 Å². The quantitative estimate of drug-likeness (QED) is 0.759. The number of carbonyl (C=O) groups is 1. The maximum Gasteiger partial charge on any atom is 0.255 e. The molecule has 122 valence electrons. The minimum Gasteiger partial charge on any atom is -0.494 e. The minimum atomic E-state index is -0.110. The van der Waals surface area contributed by atoms with Gasteiger partial charge in [-0.2, -0.15) is 0 Å². The Balaban J connectivity index is 2.13. The number of hydrogen-bond donors (Lipinski definition) is 1. The summed E-state index contributed by atoms with van der Waals surface area (Å²) in [6, 6.07) is 11.5. The number of hydrogen-bond acceptors (Lipinski definition) is 2. The molecule has 0 saturated carbocycles. The summed E-state index contributed by atoms with van der Waals surface area (Å²) in [5.74, 6) is 0.629. The SMILES string of the molecule is CCCCOc1cccc(C(=O)Nc2c(C)cc(C)cc2C)c1. The predicted octanol–water partition coefficient (Wildman–Crippen LogP) is 5.04. The number of carbonyl (C=O) groups excluding carboxylic acids is 1. The van der Waals surface area contributed by atoms with Gasteiger partial charge >= 0.3 is 0 Å². The second kappa shape index (κ2) is 7.82. The van der Waals surface area contributed by atoms with E-state index in [1.54, 1.807) is 12.1 Å². The molecule has 0 unspecified atom stereocenters. The third-order valence-corrected chi connectivity index (χ3v) is 3.78. The molecule has 2 aromatic carbocycles. The molecule has 0 aromatic heterocycles. The highest BCUT2D eigenvalue weighted by Gasteiger charge is 2.11. The number of amides is 1. The highest BCUT2D eigenvalue weighted by molar-refractivity contribution is 6.05. The molecule has 3 heteroatoms. The van der Waals surface area contributed by atoms with Crippen LogP contribution in [0.4, 0.5) is 5.69 Å². The van der Waals surface area contributed by atoms with Crippen LogP contribution in [0, 0.1) is 20.8 Å². The van der Waals surface area contributed by atoms with Crippen molar-refractivity contribution in [2.75, 3.05) is 11.9 Å². The zero-order valence-electron chi connectivity index (χ0n) is 14.4. The summed E-state index contributed by atoms with van der Waals surface area (Å²) in [5, 5.41) is 3.02. The summed E-state index contributed by atoms with van der Waals surface area (Å²) >= 11 is 0. The average molecular weight is 311 g/mol. The van der Waals surface area contributed by atoms with E-state index in [0.717, 1.165) is 35.4 Å². The second-order valence-electron chi connectivity index (χ2n) is 5.96. The lowest BCUT2D eigenvalue weighted by atomic mass is 10.0.